The van der Waals surface area contributed by atoms with E-state index in [-0.39, 0.29) is 12.5 Å². The van der Waals surface area contributed by atoms with Gasteiger partial charge < -0.3 is 9.30 Å². The van der Waals surface area contributed by atoms with Crippen molar-refractivity contribution in [3.8, 4) is 0 Å². The lowest BCUT2D eigenvalue weighted by atomic mass is 10.1. The number of fused-ring (bicyclic) bond motifs is 1. The summed E-state index contributed by atoms with van der Waals surface area (Å²) in [5.74, 6) is 0.558. The van der Waals surface area contributed by atoms with Gasteiger partial charge in [-0.15, -0.1) is 0 Å². The summed E-state index contributed by atoms with van der Waals surface area (Å²) in [7, 11) is 1.40. The number of aromatic nitrogens is 2. The number of para-hydroxylation sites is 2. The number of imidazole rings is 1. The molecule has 102 valence electrons. The third-order valence-electron chi connectivity index (χ3n) is 3.42. The summed E-state index contributed by atoms with van der Waals surface area (Å²) in [4.78, 5) is 16.3. The first kappa shape index (κ1) is 12.7. The van der Waals surface area contributed by atoms with Crippen molar-refractivity contribution < 1.29 is 9.53 Å². The smallest absolute Gasteiger partial charge is 0.325 e. The van der Waals surface area contributed by atoms with E-state index in [0.717, 1.165) is 35.3 Å². The summed E-state index contributed by atoms with van der Waals surface area (Å²) >= 11 is 0. The van der Waals surface area contributed by atoms with E-state index >= 15 is 0 Å². The van der Waals surface area contributed by atoms with E-state index in [1.165, 1.54) is 7.11 Å². The highest BCUT2D eigenvalue weighted by Crippen LogP contribution is 2.25. The molecule has 1 aromatic carbocycles. The molecule has 0 atom stereocenters. The molecule has 0 unspecified atom stereocenters. The molecule has 4 nitrogen and oxygen atoms in total. The van der Waals surface area contributed by atoms with Crippen LogP contribution in [0.5, 0.6) is 0 Å². The van der Waals surface area contributed by atoms with Gasteiger partial charge >= 0.3 is 5.97 Å². The molecule has 0 saturated carbocycles. The number of esters is 1. The largest absolute Gasteiger partial charge is 0.468 e. The van der Waals surface area contributed by atoms with Crippen molar-refractivity contribution in [2.45, 2.75) is 19.4 Å². The van der Waals surface area contributed by atoms with Crippen molar-refractivity contribution in [2.75, 3.05) is 7.11 Å². The summed E-state index contributed by atoms with van der Waals surface area (Å²) in [6.07, 6.45) is 8.43. The second-order valence-electron chi connectivity index (χ2n) is 4.73. The van der Waals surface area contributed by atoms with E-state index in [1.807, 2.05) is 28.8 Å². The van der Waals surface area contributed by atoms with Crippen LogP contribution in [0.25, 0.3) is 16.6 Å². The Labute approximate surface area is 117 Å². The zero-order valence-corrected chi connectivity index (χ0v) is 11.4. The topological polar surface area (TPSA) is 44.1 Å². The van der Waals surface area contributed by atoms with Gasteiger partial charge in [0, 0.05) is 5.57 Å². The molecule has 1 heterocycles. The zero-order valence-electron chi connectivity index (χ0n) is 11.4. The lowest BCUT2D eigenvalue weighted by Crippen LogP contribution is -2.13. The molecule has 1 aromatic heterocycles. The molecule has 0 aliphatic heterocycles. The minimum atomic E-state index is -0.269. The number of hydrogen-bond acceptors (Lipinski definition) is 3. The molecular weight excluding hydrogens is 252 g/mol. The maximum absolute atomic E-state index is 11.6. The second kappa shape index (κ2) is 5.33. The molecular formula is C16H16N2O2. The van der Waals surface area contributed by atoms with Gasteiger partial charge in [-0.3, -0.25) is 4.79 Å². The fourth-order valence-corrected chi connectivity index (χ4v) is 2.43. The molecule has 0 saturated heterocycles. The predicted molar refractivity (Wildman–Crippen MR) is 78.1 cm³/mol. The van der Waals surface area contributed by atoms with Crippen molar-refractivity contribution >= 4 is 22.6 Å². The van der Waals surface area contributed by atoms with Crippen LogP contribution in [-0.2, 0) is 16.1 Å². The summed E-state index contributed by atoms with van der Waals surface area (Å²) in [6.45, 7) is 0.178. The monoisotopic (exact) mass is 268 g/mol. The second-order valence-corrected chi connectivity index (χ2v) is 4.73. The van der Waals surface area contributed by atoms with Crippen LogP contribution in [0, 0.1) is 0 Å². The van der Waals surface area contributed by atoms with Gasteiger partial charge in [0.1, 0.15) is 12.4 Å². The number of allylic oxidation sites excluding steroid dienone is 4. The number of carbonyl (C=O) groups is 1. The molecule has 0 bridgehead atoms. The van der Waals surface area contributed by atoms with Crippen LogP contribution in [0.2, 0.25) is 0 Å². The van der Waals surface area contributed by atoms with Gasteiger partial charge in [-0.05, 0) is 25.0 Å². The number of ether oxygens (including phenoxy) is 1. The van der Waals surface area contributed by atoms with E-state index in [9.17, 15) is 4.79 Å². The van der Waals surface area contributed by atoms with Gasteiger partial charge in [0.25, 0.3) is 0 Å². The lowest BCUT2D eigenvalue weighted by molar-refractivity contribution is -0.141. The number of rotatable bonds is 3. The van der Waals surface area contributed by atoms with E-state index in [1.54, 1.807) is 0 Å². The van der Waals surface area contributed by atoms with Gasteiger partial charge in [-0.1, -0.05) is 30.4 Å². The van der Waals surface area contributed by atoms with Crippen molar-refractivity contribution in [1.82, 2.24) is 9.55 Å². The number of nitrogens with zero attached hydrogens (tertiary/aromatic N) is 2. The van der Waals surface area contributed by atoms with E-state index in [2.05, 4.69) is 23.2 Å². The summed E-state index contributed by atoms with van der Waals surface area (Å²) in [5, 5.41) is 0. The van der Waals surface area contributed by atoms with Gasteiger partial charge in [0.15, 0.2) is 0 Å². The standard InChI is InChI=1S/C16H16N2O2/c1-20-15(19)11-18-14-10-6-5-9-13(14)17-16(18)12-7-3-2-4-8-12/h3,5-10H,2,4,11H2,1H3. The van der Waals surface area contributed by atoms with Crippen LogP contribution in [0.3, 0.4) is 0 Å². The SMILES string of the molecule is COC(=O)Cn1c(C2=CCCC=C2)nc2ccccc21. The van der Waals surface area contributed by atoms with Crippen LogP contribution < -0.4 is 0 Å². The molecule has 3 rings (SSSR count). The lowest BCUT2D eigenvalue weighted by Gasteiger charge is -2.10. The van der Waals surface area contributed by atoms with Crippen molar-refractivity contribution in [1.29, 1.82) is 0 Å². The maximum Gasteiger partial charge on any atom is 0.325 e. The molecule has 0 spiro atoms. The fourth-order valence-electron chi connectivity index (χ4n) is 2.43. The van der Waals surface area contributed by atoms with Gasteiger partial charge in [-0.2, -0.15) is 0 Å². The average Bonchev–Trinajstić information content (AvgIpc) is 2.87. The molecule has 2 aromatic rings. The van der Waals surface area contributed by atoms with Crippen molar-refractivity contribution in [3.63, 3.8) is 0 Å². The summed E-state index contributed by atoms with van der Waals surface area (Å²) in [6, 6.07) is 7.83. The molecule has 0 fully saturated rings. The molecule has 0 amide bonds. The third-order valence-corrected chi connectivity index (χ3v) is 3.42. The number of hydrogen-bond donors (Lipinski definition) is 0. The van der Waals surface area contributed by atoms with Gasteiger partial charge in [0.05, 0.1) is 18.1 Å². The number of benzene rings is 1. The first-order valence-electron chi connectivity index (χ1n) is 6.69. The van der Waals surface area contributed by atoms with E-state index in [4.69, 9.17) is 4.74 Å². The van der Waals surface area contributed by atoms with E-state index in [0.29, 0.717) is 0 Å². The minimum Gasteiger partial charge on any atom is -0.468 e. The highest BCUT2D eigenvalue weighted by molar-refractivity contribution is 5.84. The minimum absolute atomic E-state index is 0.178. The average molecular weight is 268 g/mol. The van der Waals surface area contributed by atoms with Crippen LogP contribution >= 0.6 is 0 Å². The Bertz CT molecular complexity index is 710. The third kappa shape index (κ3) is 2.25. The Balaban J connectivity index is 2.14. The molecule has 20 heavy (non-hydrogen) atoms. The highest BCUT2D eigenvalue weighted by atomic mass is 16.5. The number of carbonyl (C=O) groups excluding carboxylic acids is 1. The first-order valence-corrected chi connectivity index (χ1v) is 6.69. The zero-order chi connectivity index (χ0) is 13.9. The normalized spacial score (nSPS) is 14.3. The Morgan fingerprint density at radius 3 is 2.95 bits per heavy atom. The molecule has 1 aliphatic rings. The Hall–Kier alpha value is -2.36. The van der Waals surface area contributed by atoms with Crippen LogP contribution in [0.15, 0.2) is 42.5 Å². The molecule has 4 heteroatoms. The van der Waals surface area contributed by atoms with Crippen LogP contribution in [-0.4, -0.2) is 22.6 Å². The summed E-state index contributed by atoms with van der Waals surface area (Å²) in [5.41, 5.74) is 2.91. The summed E-state index contributed by atoms with van der Waals surface area (Å²) < 4.78 is 6.71. The van der Waals surface area contributed by atoms with Crippen LogP contribution in [0.4, 0.5) is 0 Å². The molecule has 0 N–H and O–H groups in total. The van der Waals surface area contributed by atoms with E-state index < -0.39 is 0 Å². The first-order chi connectivity index (χ1) is 9.79. The Morgan fingerprint density at radius 1 is 1.35 bits per heavy atom. The predicted octanol–water partition coefficient (Wildman–Crippen LogP) is 2.94. The number of methoxy groups -OCH3 is 1. The quantitative estimate of drug-likeness (QED) is 0.804. The Kier molecular flexibility index (Phi) is 3.37. The van der Waals surface area contributed by atoms with Crippen molar-refractivity contribution in [2.24, 2.45) is 0 Å². The van der Waals surface area contributed by atoms with Gasteiger partial charge in [0.2, 0.25) is 0 Å². The maximum atomic E-state index is 11.6. The Morgan fingerprint density at radius 2 is 2.20 bits per heavy atom. The fraction of sp³-hybridized carbons (Fsp3) is 0.250. The van der Waals surface area contributed by atoms with Crippen molar-refractivity contribution in [3.05, 3.63) is 48.3 Å². The molecule has 0 radical (unpaired) electrons. The van der Waals surface area contributed by atoms with Crippen LogP contribution in [0.1, 0.15) is 18.7 Å². The highest BCUT2D eigenvalue weighted by Gasteiger charge is 2.16. The molecule has 1 aliphatic carbocycles. The van der Waals surface area contributed by atoms with Gasteiger partial charge in [-0.25, -0.2) is 4.98 Å².